The first kappa shape index (κ1) is 33.5. The molecule has 0 aliphatic heterocycles. The first-order valence-electron chi connectivity index (χ1n) is 13.3. The molecule has 1 atom stereocenters. The van der Waals surface area contributed by atoms with E-state index in [0.717, 1.165) is 4.31 Å². The third-order valence-electron chi connectivity index (χ3n) is 6.43. The van der Waals surface area contributed by atoms with Crippen LogP contribution in [-0.4, -0.2) is 51.4 Å². The van der Waals surface area contributed by atoms with Gasteiger partial charge in [-0.3, -0.25) is 13.9 Å². The van der Waals surface area contributed by atoms with Crippen LogP contribution in [0.1, 0.15) is 32.8 Å². The van der Waals surface area contributed by atoms with Crippen molar-refractivity contribution in [3.63, 3.8) is 0 Å². The van der Waals surface area contributed by atoms with Gasteiger partial charge >= 0.3 is 0 Å². The molecule has 3 aromatic rings. The van der Waals surface area contributed by atoms with Crippen molar-refractivity contribution in [1.82, 2.24) is 10.2 Å². The molecule has 3 rings (SSSR count). The van der Waals surface area contributed by atoms with E-state index < -0.39 is 28.5 Å². The summed E-state index contributed by atoms with van der Waals surface area (Å²) in [6.45, 7) is 5.47. The van der Waals surface area contributed by atoms with Gasteiger partial charge in [0.15, 0.2) is 0 Å². The standard InChI is InChI=1S/C30H34Cl3N3O5S/c1-5-26(30(38)34-17-20(2)3)35(18-21-11-13-24(32)25(33)15-21)29(37)19-36(27-16-22(31)12-14-28(27)41-4)42(39,40)23-9-7-6-8-10-23/h6-16,20,26H,5,17-19H2,1-4H3,(H,34,38)/t26-/m1/s1. The molecule has 0 heterocycles. The number of nitrogens with zero attached hydrogens (tertiary/aromatic N) is 2. The number of ether oxygens (including phenoxy) is 1. The van der Waals surface area contributed by atoms with Gasteiger partial charge in [0, 0.05) is 18.1 Å². The van der Waals surface area contributed by atoms with Crippen LogP contribution >= 0.6 is 34.8 Å². The van der Waals surface area contributed by atoms with Crippen molar-refractivity contribution in [3.8, 4) is 5.75 Å². The maximum absolute atomic E-state index is 14.2. The Labute approximate surface area is 262 Å². The van der Waals surface area contributed by atoms with Gasteiger partial charge in [-0.2, -0.15) is 0 Å². The van der Waals surface area contributed by atoms with E-state index in [-0.39, 0.29) is 51.2 Å². The first-order valence-corrected chi connectivity index (χ1v) is 15.9. The predicted octanol–water partition coefficient (Wildman–Crippen LogP) is 6.43. The van der Waals surface area contributed by atoms with E-state index in [4.69, 9.17) is 39.5 Å². The Hall–Kier alpha value is -2.98. The monoisotopic (exact) mass is 653 g/mol. The summed E-state index contributed by atoms with van der Waals surface area (Å²) in [5.74, 6) is -0.580. The van der Waals surface area contributed by atoms with Crippen LogP contribution in [0.3, 0.4) is 0 Å². The van der Waals surface area contributed by atoms with Crippen LogP contribution in [0.2, 0.25) is 15.1 Å². The van der Waals surface area contributed by atoms with Crippen LogP contribution < -0.4 is 14.4 Å². The molecule has 0 bridgehead atoms. The van der Waals surface area contributed by atoms with Gasteiger partial charge in [0.25, 0.3) is 10.0 Å². The minimum atomic E-state index is -4.28. The molecule has 0 aliphatic carbocycles. The summed E-state index contributed by atoms with van der Waals surface area (Å²) >= 11 is 18.6. The largest absolute Gasteiger partial charge is 0.495 e. The number of methoxy groups -OCH3 is 1. The van der Waals surface area contributed by atoms with Crippen molar-refractivity contribution in [1.29, 1.82) is 0 Å². The highest BCUT2D eigenvalue weighted by Gasteiger charge is 2.35. The van der Waals surface area contributed by atoms with Crippen molar-refractivity contribution in [3.05, 3.63) is 87.4 Å². The molecule has 1 N–H and O–H groups in total. The van der Waals surface area contributed by atoms with Crippen molar-refractivity contribution < 1.29 is 22.7 Å². The molecule has 0 aliphatic rings. The maximum atomic E-state index is 14.2. The molecule has 0 fully saturated rings. The number of hydrogen-bond acceptors (Lipinski definition) is 5. The van der Waals surface area contributed by atoms with Gasteiger partial charge in [-0.25, -0.2) is 8.42 Å². The average Bonchev–Trinajstić information content (AvgIpc) is 2.96. The van der Waals surface area contributed by atoms with E-state index in [0.29, 0.717) is 17.1 Å². The zero-order valence-corrected chi connectivity index (χ0v) is 26.9. The summed E-state index contributed by atoms with van der Waals surface area (Å²) in [5, 5.41) is 3.77. The fourth-order valence-corrected chi connectivity index (χ4v) is 6.19. The molecule has 0 radical (unpaired) electrons. The number of hydrogen-bond donors (Lipinski definition) is 1. The van der Waals surface area contributed by atoms with Crippen LogP contribution in [0.15, 0.2) is 71.6 Å². The van der Waals surface area contributed by atoms with Crippen molar-refractivity contribution in [2.75, 3.05) is 24.5 Å². The Morgan fingerprint density at radius 3 is 2.24 bits per heavy atom. The van der Waals surface area contributed by atoms with Crippen molar-refractivity contribution >= 4 is 62.3 Å². The normalized spacial score (nSPS) is 12.1. The maximum Gasteiger partial charge on any atom is 0.264 e. The molecule has 0 unspecified atom stereocenters. The molecule has 0 aromatic heterocycles. The van der Waals surface area contributed by atoms with E-state index in [1.807, 2.05) is 13.8 Å². The zero-order valence-electron chi connectivity index (χ0n) is 23.8. The summed E-state index contributed by atoms with van der Waals surface area (Å²) < 4.78 is 34.4. The number of amides is 2. The topological polar surface area (TPSA) is 96.0 Å². The smallest absolute Gasteiger partial charge is 0.264 e. The Balaban J connectivity index is 2.12. The van der Waals surface area contributed by atoms with Crippen molar-refractivity contribution in [2.45, 2.75) is 44.7 Å². The lowest BCUT2D eigenvalue weighted by Crippen LogP contribution is -2.52. The summed E-state index contributed by atoms with van der Waals surface area (Å²) in [4.78, 5) is 28.9. The number of benzene rings is 3. The minimum Gasteiger partial charge on any atom is -0.495 e. The van der Waals surface area contributed by atoms with Crippen LogP contribution in [-0.2, 0) is 26.2 Å². The number of halogens is 3. The molecule has 0 saturated carbocycles. The van der Waals surface area contributed by atoms with E-state index in [2.05, 4.69) is 5.32 Å². The Bertz CT molecular complexity index is 1500. The third kappa shape index (κ3) is 8.31. The van der Waals surface area contributed by atoms with Gasteiger partial charge in [0.05, 0.1) is 27.7 Å². The zero-order chi connectivity index (χ0) is 31.0. The number of sulfonamides is 1. The van der Waals surface area contributed by atoms with Gasteiger partial charge in [-0.15, -0.1) is 0 Å². The van der Waals surface area contributed by atoms with E-state index in [1.165, 1.54) is 36.3 Å². The molecular weight excluding hydrogens is 621 g/mol. The summed E-state index contributed by atoms with van der Waals surface area (Å²) in [5.41, 5.74) is 0.694. The quantitative estimate of drug-likeness (QED) is 0.229. The number of nitrogens with one attached hydrogen (secondary N) is 1. The van der Waals surface area contributed by atoms with E-state index in [9.17, 15) is 18.0 Å². The molecular formula is C30H34Cl3N3O5S. The highest BCUT2D eigenvalue weighted by molar-refractivity contribution is 7.92. The molecule has 12 heteroatoms. The molecule has 8 nitrogen and oxygen atoms in total. The molecule has 226 valence electrons. The molecule has 3 aromatic carbocycles. The van der Waals surface area contributed by atoms with Crippen LogP contribution in [0.25, 0.3) is 0 Å². The molecule has 0 saturated heterocycles. The first-order chi connectivity index (χ1) is 19.9. The van der Waals surface area contributed by atoms with E-state index >= 15 is 0 Å². The average molecular weight is 655 g/mol. The minimum absolute atomic E-state index is 0.0186. The summed E-state index contributed by atoms with van der Waals surface area (Å²) in [7, 11) is -2.89. The van der Waals surface area contributed by atoms with Gasteiger partial charge in [-0.05, 0) is 60.4 Å². The summed E-state index contributed by atoms with van der Waals surface area (Å²) in [6, 6.07) is 16.3. The fourth-order valence-electron chi connectivity index (χ4n) is 4.27. The lowest BCUT2D eigenvalue weighted by Gasteiger charge is -2.33. The Morgan fingerprint density at radius 1 is 0.952 bits per heavy atom. The Kier molecular flexibility index (Phi) is 11.9. The Morgan fingerprint density at radius 2 is 1.64 bits per heavy atom. The predicted molar refractivity (Wildman–Crippen MR) is 168 cm³/mol. The number of rotatable bonds is 13. The van der Waals surface area contributed by atoms with Gasteiger partial charge in [-0.1, -0.05) is 79.8 Å². The molecule has 42 heavy (non-hydrogen) atoms. The van der Waals surface area contributed by atoms with Gasteiger partial charge in [0.1, 0.15) is 18.3 Å². The second-order valence-corrected chi connectivity index (χ2v) is 13.1. The summed E-state index contributed by atoms with van der Waals surface area (Å²) in [6.07, 6.45) is 0.281. The lowest BCUT2D eigenvalue weighted by atomic mass is 10.1. The third-order valence-corrected chi connectivity index (χ3v) is 9.18. The lowest BCUT2D eigenvalue weighted by molar-refractivity contribution is -0.140. The van der Waals surface area contributed by atoms with Crippen LogP contribution in [0.4, 0.5) is 5.69 Å². The van der Waals surface area contributed by atoms with Gasteiger partial charge < -0.3 is 15.0 Å². The number of carbonyl (C=O) groups is 2. The second kappa shape index (κ2) is 15.0. The SMILES string of the molecule is CC[C@H](C(=O)NCC(C)C)N(Cc1ccc(Cl)c(Cl)c1)C(=O)CN(c1cc(Cl)ccc1OC)S(=O)(=O)c1ccccc1. The van der Waals surface area contributed by atoms with Crippen LogP contribution in [0.5, 0.6) is 5.75 Å². The van der Waals surface area contributed by atoms with E-state index in [1.54, 1.807) is 49.4 Å². The van der Waals surface area contributed by atoms with Crippen molar-refractivity contribution in [2.24, 2.45) is 5.92 Å². The molecule has 0 spiro atoms. The highest BCUT2D eigenvalue weighted by Crippen LogP contribution is 2.35. The van der Waals surface area contributed by atoms with Crippen LogP contribution in [0, 0.1) is 5.92 Å². The second-order valence-electron chi connectivity index (χ2n) is 9.97. The molecule has 2 amide bonds. The van der Waals surface area contributed by atoms with Gasteiger partial charge in [0.2, 0.25) is 11.8 Å². The number of carbonyl (C=O) groups excluding carboxylic acids is 2. The fraction of sp³-hybridized carbons (Fsp3) is 0.333. The number of anilines is 1. The highest BCUT2D eigenvalue weighted by atomic mass is 35.5.